The summed E-state index contributed by atoms with van der Waals surface area (Å²) in [6.07, 6.45) is 3.02. The quantitative estimate of drug-likeness (QED) is 0.556. The van der Waals surface area contributed by atoms with Crippen LogP contribution in [0.1, 0.15) is 16.2 Å². The van der Waals surface area contributed by atoms with Gasteiger partial charge in [-0.2, -0.15) is 0 Å². The van der Waals surface area contributed by atoms with Gasteiger partial charge >= 0.3 is 0 Å². The van der Waals surface area contributed by atoms with Crippen LogP contribution < -0.4 is 10.1 Å². The maximum atomic E-state index is 11.9. The maximum Gasteiger partial charge on any atom is 0.291 e. The molecule has 0 unspecified atom stereocenters. The number of furan rings is 2. The molecule has 0 fully saturated rings. The van der Waals surface area contributed by atoms with Crippen LogP contribution in [0.3, 0.4) is 0 Å². The summed E-state index contributed by atoms with van der Waals surface area (Å²) < 4.78 is 21.2. The normalized spacial score (nSPS) is 10.6. The highest BCUT2D eigenvalue weighted by Crippen LogP contribution is 2.22. The summed E-state index contributed by atoms with van der Waals surface area (Å²) in [6.45, 7) is 0.252. The Kier molecular flexibility index (Phi) is 4.26. The standard InChI is InChI=1S/C19H14N2O5/c22-19(17-4-2-10-24-17)20-13-5-7-15(8-6-13)25-12-14-11-18(26-21-14)16-3-1-9-23-16/h1-11H,12H2,(H,20,22). The molecule has 1 amide bonds. The van der Waals surface area contributed by atoms with E-state index in [1.807, 2.05) is 0 Å². The lowest BCUT2D eigenvalue weighted by atomic mass is 10.3. The third-order valence-electron chi connectivity index (χ3n) is 3.57. The Labute approximate surface area is 148 Å². The third kappa shape index (κ3) is 3.51. The fourth-order valence-electron chi connectivity index (χ4n) is 2.31. The second-order valence-corrected chi connectivity index (χ2v) is 5.40. The third-order valence-corrected chi connectivity index (χ3v) is 3.57. The van der Waals surface area contributed by atoms with Gasteiger partial charge in [0, 0.05) is 11.8 Å². The lowest BCUT2D eigenvalue weighted by Crippen LogP contribution is -2.10. The number of nitrogens with one attached hydrogen (secondary N) is 1. The van der Waals surface area contributed by atoms with Crippen LogP contribution in [0.5, 0.6) is 5.75 Å². The summed E-state index contributed by atoms with van der Waals surface area (Å²) in [5.41, 5.74) is 1.28. The second kappa shape index (κ2) is 7.02. The molecule has 0 aliphatic rings. The first-order valence-electron chi connectivity index (χ1n) is 7.85. The van der Waals surface area contributed by atoms with Gasteiger partial charge in [-0.05, 0) is 48.5 Å². The van der Waals surface area contributed by atoms with E-state index < -0.39 is 0 Å². The van der Waals surface area contributed by atoms with Gasteiger partial charge in [-0.15, -0.1) is 0 Å². The van der Waals surface area contributed by atoms with Crippen molar-refractivity contribution in [2.75, 3.05) is 5.32 Å². The molecule has 0 spiro atoms. The zero-order valence-corrected chi connectivity index (χ0v) is 13.5. The molecular weight excluding hydrogens is 336 g/mol. The molecule has 0 aliphatic heterocycles. The number of benzene rings is 1. The van der Waals surface area contributed by atoms with Gasteiger partial charge in [0.05, 0.1) is 12.5 Å². The number of rotatable bonds is 6. The van der Waals surface area contributed by atoms with E-state index in [4.69, 9.17) is 18.1 Å². The lowest BCUT2D eigenvalue weighted by Gasteiger charge is -2.06. The summed E-state index contributed by atoms with van der Waals surface area (Å²) in [5.74, 6) is 1.74. The first-order chi connectivity index (χ1) is 12.8. The summed E-state index contributed by atoms with van der Waals surface area (Å²) in [6, 6.07) is 15.6. The molecule has 0 atom stereocenters. The summed E-state index contributed by atoms with van der Waals surface area (Å²) in [5, 5.41) is 6.68. The van der Waals surface area contributed by atoms with Crippen molar-refractivity contribution in [2.45, 2.75) is 6.61 Å². The molecule has 1 aromatic carbocycles. The van der Waals surface area contributed by atoms with Crippen molar-refractivity contribution in [1.82, 2.24) is 5.16 Å². The first kappa shape index (κ1) is 15.8. The van der Waals surface area contributed by atoms with Crippen molar-refractivity contribution < 1.29 is 22.9 Å². The zero-order chi connectivity index (χ0) is 17.8. The van der Waals surface area contributed by atoms with Crippen molar-refractivity contribution >= 4 is 11.6 Å². The molecular formula is C19H14N2O5. The van der Waals surface area contributed by atoms with Gasteiger partial charge in [0.15, 0.2) is 11.5 Å². The number of carbonyl (C=O) groups excluding carboxylic acids is 1. The number of anilines is 1. The van der Waals surface area contributed by atoms with Crippen molar-refractivity contribution in [3.05, 3.63) is 78.6 Å². The van der Waals surface area contributed by atoms with Crippen molar-refractivity contribution in [1.29, 1.82) is 0 Å². The van der Waals surface area contributed by atoms with Gasteiger partial charge in [-0.25, -0.2) is 0 Å². The van der Waals surface area contributed by atoms with Crippen LogP contribution in [0.2, 0.25) is 0 Å². The van der Waals surface area contributed by atoms with Gasteiger partial charge in [0.2, 0.25) is 5.76 Å². The molecule has 0 saturated heterocycles. The SMILES string of the molecule is O=C(Nc1ccc(OCc2cc(-c3ccco3)on2)cc1)c1ccco1. The fraction of sp³-hybridized carbons (Fsp3) is 0.0526. The van der Waals surface area contributed by atoms with E-state index >= 15 is 0 Å². The Morgan fingerprint density at radius 3 is 2.54 bits per heavy atom. The van der Waals surface area contributed by atoms with Crippen molar-refractivity contribution in [2.24, 2.45) is 0 Å². The van der Waals surface area contributed by atoms with E-state index in [1.165, 1.54) is 6.26 Å². The number of amides is 1. The number of aromatic nitrogens is 1. The van der Waals surface area contributed by atoms with Gasteiger partial charge in [-0.1, -0.05) is 5.16 Å². The molecule has 3 aromatic heterocycles. The molecule has 1 N–H and O–H groups in total. The maximum absolute atomic E-state index is 11.9. The molecule has 7 nitrogen and oxygen atoms in total. The van der Waals surface area contributed by atoms with Crippen LogP contribution in [0, 0.1) is 0 Å². The predicted molar refractivity (Wildman–Crippen MR) is 91.6 cm³/mol. The highest BCUT2D eigenvalue weighted by atomic mass is 16.5. The minimum atomic E-state index is -0.309. The van der Waals surface area contributed by atoms with Crippen molar-refractivity contribution in [3.8, 4) is 17.3 Å². The monoisotopic (exact) mass is 350 g/mol. The average Bonchev–Trinajstić information content (AvgIpc) is 3.43. The lowest BCUT2D eigenvalue weighted by molar-refractivity contribution is 0.0996. The molecule has 130 valence electrons. The molecule has 26 heavy (non-hydrogen) atoms. The van der Waals surface area contributed by atoms with E-state index in [0.717, 1.165) is 0 Å². The van der Waals surface area contributed by atoms with Crippen LogP contribution in [0.15, 0.2) is 80.5 Å². The van der Waals surface area contributed by atoms with E-state index in [9.17, 15) is 4.79 Å². The average molecular weight is 350 g/mol. The minimum Gasteiger partial charge on any atom is -0.487 e. The van der Waals surface area contributed by atoms with Gasteiger partial charge < -0.3 is 23.4 Å². The number of hydrogen-bond donors (Lipinski definition) is 1. The van der Waals surface area contributed by atoms with Crippen LogP contribution in [-0.4, -0.2) is 11.1 Å². The van der Waals surface area contributed by atoms with Crippen LogP contribution in [0.25, 0.3) is 11.5 Å². The summed E-state index contributed by atoms with van der Waals surface area (Å²) in [7, 11) is 0. The van der Waals surface area contributed by atoms with Gasteiger partial charge in [0.25, 0.3) is 5.91 Å². The van der Waals surface area contributed by atoms with E-state index in [0.29, 0.717) is 28.7 Å². The fourth-order valence-corrected chi connectivity index (χ4v) is 2.31. The minimum absolute atomic E-state index is 0.252. The Morgan fingerprint density at radius 2 is 1.81 bits per heavy atom. The topological polar surface area (TPSA) is 90.6 Å². The molecule has 0 bridgehead atoms. The van der Waals surface area contributed by atoms with Crippen LogP contribution in [0.4, 0.5) is 5.69 Å². The molecule has 0 saturated carbocycles. The second-order valence-electron chi connectivity index (χ2n) is 5.40. The number of hydrogen-bond acceptors (Lipinski definition) is 6. The molecule has 7 heteroatoms. The smallest absolute Gasteiger partial charge is 0.291 e. The first-order valence-corrected chi connectivity index (χ1v) is 7.85. The highest BCUT2D eigenvalue weighted by Gasteiger charge is 2.10. The van der Waals surface area contributed by atoms with Gasteiger partial charge in [-0.3, -0.25) is 4.79 Å². The molecule has 4 rings (SSSR count). The largest absolute Gasteiger partial charge is 0.487 e. The Balaban J connectivity index is 1.34. The summed E-state index contributed by atoms with van der Waals surface area (Å²) in [4.78, 5) is 11.9. The summed E-state index contributed by atoms with van der Waals surface area (Å²) >= 11 is 0. The van der Waals surface area contributed by atoms with Crippen LogP contribution >= 0.6 is 0 Å². The molecule has 4 aromatic rings. The number of ether oxygens (including phenoxy) is 1. The molecule has 0 radical (unpaired) electrons. The van der Waals surface area contributed by atoms with Crippen molar-refractivity contribution in [3.63, 3.8) is 0 Å². The number of nitrogens with zero attached hydrogens (tertiary/aromatic N) is 1. The van der Waals surface area contributed by atoms with Crippen LogP contribution in [-0.2, 0) is 6.61 Å². The zero-order valence-electron chi connectivity index (χ0n) is 13.5. The molecule has 3 heterocycles. The van der Waals surface area contributed by atoms with E-state index in [2.05, 4.69) is 10.5 Å². The van der Waals surface area contributed by atoms with Gasteiger partial charge in [0.1, 0.15) is 18.1 Å². The Morgan fingerprint density at radius 1 is 1.00 bits per heavy atom. The Hall–Kier alpha value is -3.74. The molecule has 0 aliphatic carbocycles. The van der Waals surface area contributed by atoms with E-state index in [-0.39, 0.29) is 18.3 Å². The highest BCUT2D eigenvalue weighted by molar-refractivity contribution is 6.02. The number of carbonyl (C=O) groups is 1. The predicted octanol–water partition coefficient (Wildman–Crippen LogP) is 4.36. The van der Waals surface area contributed by atoms with E-state index in [1.54, 1.807) is 60.9 Å². The Bertz CT molecular complexity index is 970.